The second kappa shape index (κ2) is 6.62. The molecule has 2 N–H and O–H groups in total. The Kier molecular flexibility index (Phi) is 4.52. The lowest BCUT2D eigenvalue weighted by atomic mass is 10.1. The summed E-state index contributed by atoms with van der Waals surface area (Å²) in [6, 6.07) is 15.9. The average Bonchev–Trinajstić information content (AvgIpc) is 2.61. The maximum Gasteiger partial charge on any atom is 0.269 e. The van der Waals surface area contributed by atoms with Crippen LogP contribution in [0.3, 0.4) is 0 Å². The zero-order valence-corrected chi connectivity index (χ0v) is 14.1. The Bertz CT molecular complexity index is 1060. The van der Waals surface area contributed by atoms with Gasteiger partial charge in [0.05, 0.1) is 10.5 Å². The maximum atomic E-state index is 13.7. The molecule has 1 amide bonds. The predicted molar refractivity (Wildman–Crippen MR) is 92.9 cm³/mol. The lowest BCUT2D eigenvalue weighted by Crippen LogP contribution is -2.41. The molecule has 7 heteroatoms. The van der Waals surface area contributed by atoms with Crippen LogP contribution in [0.5, 0.6) is 0 Å². The van der Waals surface area contributed by atoms with Gasteiger partial charge >= 0.3 is 0 Å². The van der Waals surface area contributed by atoms with E-state index in [-0.39, 0.29) is 10.5 Å². The number of hydrogen-bond donors (Lipinski definition) is 2. The number of hydrazine groups is 1. The normalized spacial score (nSPS) is 11.4. The molecule has 0 aliphatic rings. The van der Waals surface area contributed by atoms with Gasteiger partial charge in [0.1, 0.15) is 5.82 Å². The number of amides is 1. The van der Waals surface area contributed by atoms with Crippen LogP contribution >= 0.6 is 0 Å². The molecule has 3 aromatic rings. The highest BCUT2D eigenvalue weighted by molar-refractivity contribution is 7.89. The van der Waals surface area contributed by atoms with Crippen molar-refractivity contribution in [1.29, 1.82) is 0 Å². The maximum absolute atomic E-state index is 13.7. The van der Waals surface area contributed by atoms with Crippen molar-refractivity contribution in [2.24, 2.45) is 0 Å². The van der Waals surface area contributed by atoms with Crippen LogP contribution < -0.4 is 10.3 Å². The van der Waals surface area contributed by atoms with Crippen LogP contribution in [0.1, 0.15) is 15.9 Å². The monoisotopic (exact) mass is 358 g/mol. The lowest BCUT2D eigenvalue weighted by molar-refractivity contribution is 0.0941. The van der Waals surface area contributed by atoms with Crippen LogP contribution in [0, 0.1) is 12.7 Å². The lowest BCUT2D eigenvalue weighted by Gasteiger charge is -2.10. The molecule has 0 radical (unpaired) electrons. The Labute approximate surface area is 144 Å². The molecular weight excluding hydrogens is 343 g/mol. The number of rotatable bonds is 4. The van der Waals surface area contributed by atoms with Crippen LogP contribution in [0.4, 0.5) is 4.39 Å². The summed E-state index contributed by atoms with van der Waals surface area (Å²) in [6.07, 6.45) is 0. The third-order valence-electron chi connectivity index (χ3n) is 3.70. The van der Waals surface area contributed by atoms with Gasteiger partial charge in [0.2, 0.25) is 0 Å². The third kappa shape index (κ3) is 3.67. The van der Waals surface area contributed by atoms with Crippen molar-refractivity contribution in [3.05, 3.63) is 77.6 Å². The Balaban J connectivity index is 1.81. The number of halogens is 1. The average molecular weight is 358 g/mol. The first kappa shape index (κ1) is 17.1. The number of benzene rings is 3. The Morgan fingerprint density at radius 2 is 1.68 bits per heavy atom. The van der Waals surface area contributed by atoms with Crippen molar-refractivity contribution in [2.45, 2.75) is 11.8 Å². The van der Waals surface area contributed by atoms with Gasteiger partial charge in [0.15, 0.2) is 0 Å². The molecule has 0 fully saturated rings. The Morgan fingerprint density at radius 1 is 0.960 bits per heavy atom. The number of aryl methyl sites for hydroxylation is 1. The first-order chi connectivity index (χ1) is 11.9. The summed E-state index contributed by atoms with van der Waals surface area (Å²) in [5.41, 5.74) is 2.49. The number of fused-ring (bicyclic) bond motifs is 1. The number of carbonyl (C=O) groups is 1. The molecule has 5 nitrogen and oxygen atoms in total. The van der Waals surface area contributed by atoms with E-state index >= 15 is 0 Å². The van der Waals surface area contributed by atoms with E-state index in [9.17, 15) is 17.6 Å². The highest BCUT2D eigenvalue weighted by Crippen LogP contribution is 2.18. The number of hydrogen-bond acceptors (Lipinski definition) is 3. The summed E-state index contributed by atoms with van der Waals surface area (Å²) >= 11 is 0. The molecule has 3 aromatic carbocycles. The zero-order valence-electron chi connectivity index (χ0n) is 13.3. The molecule has 128 valence electrons. The first-order valence-electron chi connectivity index (χ1n) is 7.44. The topological polar surface area (TPSA) is 75.3 Å². The summed E-state index contributed by atoms with van der Waals surface area (Å²) in [7, 11) is -3.98. The van der Waals surface area contributed by atoms with Gasteiger partial charge in [0.25, 0.3) is 15.9 Å². The summed E-state index contributed by atoms with van der Waals surface area (Å²) in [6.45, 7) is 1.70. The number of carbonyl (C=O) groups excluding carboxylic acids is 1. The minimum Gasteiger partial charge on any atom is -0.273 e. The summed E-state index contributed by atoms with van der Waals surface area (Å²) in [5.74, 6) is -1.60. The molecule has 3 rings (SSSR count). The van der Waals surface area contributed by atoms with E-state index in [0.29, 0.717) is 5.56 Å². The van der Waals surface area contributed by atoms with Crippen molar-refractivity contribution in [1.82, 2.24) is 10.3 Å². The van der Waals surface area contributed by atoms with Gasteiger partial charge in [-0.1, -0.05) is 42.0 Å². The fourth-order valence-corrected chi connectivity index (χ4v) is 3.26. The van der Waals surface area contributed by atoms with Gasteiger partial charge in [-0.15, -0.1) is 4.83 Å². The van der Waals surface area contributed by atoms with Gasteiger partial charge in [-0.25, -0.2) is 12.8 Å². The van der Waals surface area contributed by atoms with Crippen LogP contribution in [0.25, 0.3) is 10.8 Å². The largest absolute Gasteiger partial charge is 0.273 e. The van der Waals surface area contributed by atoms with Crippen LogP contribution in [0.15, 0.2) is 65.6 Å². The molecule has 0 atom stereocenters. The van der Waals surface area contributed by atoms with Crippen molar-refractivity contribution >= 4 is 26.7 Å². The van der Waals surface area contributed by atoms with Gasteiger partial charge < -0.3 is 0 Å². The second-order valence-corrected chi connectivity index (χ2v) is 7.23. The van der Waals surface area contributed by atoms with Gasteiger partial charge in [-0.3, -0.25) is 10.2 Å². The van der Waals surface area contributed by atoms with Crippen molar-refractivity contribution in [3.63, 3.8) is 0 Å². The van der Waals surface area contributed by atoms with Crippen molar-refractivity contribution < 1.29 is 17.6 Å². The van der Waals surface area contributed by atoms with E-state index in [1.54, 1.807) is 25.1 Å². The van der Waals surface area contributed by atoms with Crippen LogP contribution in [-0.2, 0) is 10.0 Å². The number of sulfonamides is 1. The van der Waals surface area contributed by atoms with E-state index < -0.39 is 21.7 Å². The molecule has 0 aliphatic heterocycles. The standard InChI is InChI=1S/C18H15FN2O3S/c1-12-6-9-17(19)16(10-12)18(22)20-21-25(23,24)15-8-7-13-4-2-3-5-14(13)11-15/h2-11,21H,1H3,(H,20,22). The first-order valence-corrected chi connectivity index (χ1v) is 8.92. The molecule has 0 heterocycles. The molecule has 0 bridgehead atoms. The smallest absolute Gasteiger partial charge is 0.269 e. The molecule has 0 aromatic heterocycles. The highest BCUT2D eigenvalue weighted by atomic mass is 32.2. The number of nitrogens with one attached hydrogen (secondary N) is 2. The highest BCUT2D eigenvalue weighted by Gasteiger charge is 2.18. The zero-order chi connectivity index (χ0) is 18.0. The summed E-state index contributed by atoms with van der Waals surface area (Å²) in [4.78, 5) is 14.0. The fourth-order valence-electron chi connectivity index (χ4n) is 2.39. The fraction of sp³-hybridized carbons (Fsp3) is 0.0556. The molecule has 0 aliphatic carbocycles. The van der Waals surface area contributed by atoms with Gasteiger partial charge in [-0.2, -0.15) is 0 Å². The van der Waals surface area contributed by atoms with E-state index in [4.69, 9.17) is 0 Å². The molecule has 25 heavy (non-hydrogen) atoms. The van der Waals surface area contributed by atoms with Gasteiger partial charge in [0, 0.05) is 0 Å². The van der Waals surface area contributed by atoms with E-state index in [2.05, 4.69) is 0 Å². The van der Waals surface area contributed by atoms with E-state index in [0.717, 1.165) is 16.8 Å². The summed E-state index contributed by atoms with van der Waals surface area (Å²) < 4.78 is 38.4. The third-order valence-corrected chi connectivity index (χ3v) is 4.94. The SMILES string of the molecule is Cc1ccc(F)c(C(=O)NNS(=O)(=O)c2ccc3ccccc3c2)c1. The minimum absolute atomic E-state index is 0.00351. The Hall–Kier alpha value is -2.77. The van der Waals surface area contributed by atoms with E-state index in [1.165, 1.54) is 24.3 Å². The second-order valence-electron chi connectivity index (χ2n) is 5.55. The molecule has 0 unspecified atom stereocenters. The van der Waals surface area contributed by atoms with Crippen LogP contribution in [-0.4, -0.2) is 14.3 Å². The molecule has 0 spiro atoms. The van der Waals surface area contributed by atoms with Gasteiger partial charge in [-0.05, 0) is 42.0 Å². The van der Waals surface area contributed by atoms with Crippen molar-refractivity contribution in [3.8, 4) is 0 Å². The van der Waals surface area contributed by atoms with Crippen molar-refractivity contribution in [2.75, 3.05) is 0 Å². The molecular formula is C18H15FN2O3S. The quantitative estimate of drug-likeness (QED) is 0.704. The summed E-state index contributed by atoms with van der Waals surface area (Å²) in [5, 5.41) is 1.65. The molecule has 0 saturated carbocycles. The Morgan fingerprint density at radius 3 is 2.44 bits per heavy atom. The van der Waals surface area contributed by atoms with Crippen LogP contribution in [0.2, 0.25) is 0 Å². The molecule has 0 saturated heterocycles. The minimum atomic E-state index is -3.98. The predicted octanol–water partition coefficient (Wildman–Crippen LogP) is 2.91. The van der Waals surface area contributed by atoms with E-state index in [1.807, 2.05) is 22.4 Å².